The van der Waals surface area contributed by atoms with E-state index in [0.29, 0.717) is 33.5 Å². The Kier molecular flexibility index (Phi) is 5.34. The van der Waals surface area contributed by atoms with Gasteiger partial charge in [-0.05, 0) is 48.5 Å². The van der Waals surface area contributed by atoms with Gasteiger partial charge in [0.15, 0.2) is 0 Å². The van der Waals surface area contributed by atoms with Crippen molar-refractivity contribution in [2.45, 2.75) is 0 Å². The smallest absolute Gasteiger partial charge is 0.255 e. The highest BCUT2D eigenvalue weighted by Crippen LogP contribution is 2.27. The summed E-state index contributed by atoms with van der Waals surface area (Å²) < 4.78 is 18.3. The van der Waals surface area contributed by atoms with Crippen molar-refractivity contribution in [2.75, 3.05) is 17.7 Å². The molecule has 5 nitrogen and oxygen atoms in total. The zero-order chi connectivity index (χ0) is 18.5. The van der Waals surface area contributed by atoms with Gasteiger partial charge in [-0.1, -0.05) is 17.7 Å². The van der Waals surface area contributed by atoms with E-state index < -0.39 is 0 Å². The molecule has 3 aromatic rings. The number of carbonyl (C=O) groups excluding carboxylic acids is 1. The van der Waals surface area contributed by atoms with E-state index >= 15 is 0 Å². The summed E-state index contributed by atoms with van der Waals surface area (Å²) in [6, 6.07) is 14.1. The number of amides is 1. The van der Waals surface area contributed by atoms with E-state index in [-0.39, 0.29) is 11.7 Å². The minimum Gasteiger partial charge on any atom is -0.495 e. The van der Waals surface area contributed by atoms with Crippen molar-refractivity contribution in [2.24, 2.45) is 0 Å². The summed E-state index contributed by atoms with van der Waals surface area (Å²) >= 11 is 6.06. The molecule has 0 unspecified atom stereocenters. The highest BCUT2D eigenvalue weighted by Gasteiger charge is 2.09. The summed E-state index contributed by atoms with van der Waals surface area (Å²) in [5.41, 5.74) is 1.47. The minimum absolute atomic E-state index is 0.323. The Morgan fingerprint density at radius 2 is 1.96 bits per heavy atom. The molecule has 132 valence electrons. The monoisotopic (exact) mass is 371 g/mol. The molecule has 0 saturated heterocycles. The van der Waals surface area contributed by atoms with E-state index in [1.54, 1.807) is 42.5 Å². The maximum absolute atomic E-state index is 13.3. The van der Waals surface area contributed by atoms with Gasteiger partial charge < -0.3 is 15.4 Å². The fraction of sp³-hybridized carbons (Fsp3) is 0.0526. The molecule has 3 rings (SSSR count). The predicted octanol–water partition coefficient (Wildman–Crippen LogP) is 4.88. The van der Waals surface area contributed by atoms with Crippen LogP contribution < -0.4 is 15.4 Å². The number of anilines is 3. The van der Waals surface area contributed by atoms with Crippen LogP contribution in [0, 0.1) is 5.82 Å². The molecule has 7 heteroatoms. The van der Waals surface area contributed by atoms with Crippen LogP contribution in [0.4, 0.5) is 21.6 Å². The van der Waals surface area contributed by atoms with Crippen LogP contribution in [0.25, 0.3) is 0 Å². The van der Waals surface area contributed by atoms with Crippen LogP contribution in [0.1, 0.15) is 10.4 Å². The first kappa shape index (κ1) is 17.7. The Labute approximate surface area is 154 Å². The summed E-state index contributed by atoms with van der Waals surface area (Å²) in [6.45, 7) is 0. The van der Waals surface area contributed by atoms with Gasteiger partial charge in [-0.25, -0.2) is 9.37 Å². The van der Waals surface area contributed by atoms with E-state index in [4.69, 9.17) is 16.3 Å². The highest BCUT2D eigenvalue weighted by atomic mass is 35.5. The summed E-state index contributed by atoms with van der Waals surface area (Å²) in [7, 11) is 1.52. The number of methoxy groups -OCH3 is 1. The lowest BCUT2D eigenvalue weighted by molar-refractivity contribution is 0.102. The fourth-order valence-corrected chi connectivity index (χ4v) is 2.56. The third-order valence-corrected chi connectivity index (χ3v) is 3.82. The molecule has 0 aliphatic heterocycles. The molecule has 1 amide bonds. The molecule has 2 N–H and O–H groups in total. The number of hydrogen-bond acceptors (Lipinski definition) is 4. The average Bonchev–Trinajstić information content (AvgIpc) is 2.62. The Balaban J connectivity index is 1.74. The van der Waals surface area contributed by atoms with E-state index in [1.807, 2.05) is 0 Å². The second-order valence-corrected chi connectivity index (χ2v) is 5.78. The van der Waals surface area contributed by atoms with Crippen molar-refractivity contribution in [1.82, 2.24) is 4.98 Å². The van der Waals surface area contributed by atoms with Gasteiger partial charge in [-0.2, -0.15) is 0 Å². The zero-order valence-corrected chi connectivity index (χ0v) is 14.5. The Bertz CT molecular complexity index is 950. The number of aromatic nitrogens is 1. The van der Waals surface area contributed by atoms with Crippen LogP contribution in [-0.2, 0) is 0 Å². The summed E-state index contributed by atoms with van der Waals surface area (Å²) in [6.07, 6.45) is 1.50. The molecule has 0 bridgehead atoms. The Morgan fingerprint density at radius 3 is 2.69 bits per heavy atom. The molecule has 0 atom stereocenters. The number of pyridine rings is 1. The molecule has 1 aromatic heterocycles. The van der Waals surface area contributed by atoms with Crippen LogP contribution in [-0.4, -0.2) is 18.0 Å². The summed E-state index contributed by atoms with van der Waals surface area (Å²) in [5, 5.41) is 6.11. The zero-order valence-electron chi connectivity index (χ0n) is 13.8. The van der Waals surface area contributed by atoms with Crippen LogP contribution in [0.15, 0.2) is 60.8 Å². The number of nitrogens with zero attached hydrogens (tertiary/aromatic N) is 1. The number of carbonyl (C=O) groups is 1. The lowest BCUT2D eigenvalue weighted by atomic mass is 10.2. The van der Waals surface area contributed by atoms with Crippen molar-refractivity contribution in [3.63, 3.8) is 0 Å². The van der Waals surface area contributed by atoms with E-state index in [1.165, 1.54) is 25.4 Å². The molecule has 26 heavy (non-hydrogen) atoms. The van der Waals surface area contributed by atoms with Crippen LogP contribution in [0.5, 0.6) is 5.75 Å². The fourth-order valence-electron chi connectivity index (χ4n) is 2.30. The predicted molar refractivity (Wildman–Crippen MR) is 99.9 cm³/mol. The first-order valence-electron chi connectivity index (χ1n) is 7.69. The molecule has 0 saturated carbocycles. The molecule has 2 aromatic carbocycles. The molecular weight excluding hydrogens is 357 g/mol. The standard InChI is InChI=1S/C19H15ClFN3O2/c1-26-17-6-5-15(11-16(17)20)24-19(25)12-7-8-22-18(9-12)23-14-4-2-3-13(21)10-14/h2-11H,1H3,(H,22,23)(H,24,25). The molecule has 0 fully saturated rings. The third kappa shape index (κ3) is 4.29. The van der Waals surface area contributed by atoms with Gasteiger partial charge in [-0.15, -0.1) is 0 Å². The lowest BCUT2D eigenvalue weighted by Crippen LogP contribution is -2.12. The summed E-state index contributed by atoms with van der Waals surface area (Å²) in [5.74, 6) is 0.266. The normalized spacial score (nSPS) is 10.3. The molecule has 0 aliphatic carbocycles. The van der Waals surface area contributed by atoms with Crippen molar-refractivity contribution < 1.29 is 13.9 Å². The van der Waals surface area contributed by atoms with Crippen LogP contribution >= 0.6 is 11.6 Å². The number of ether oxygens (including phenoxy) is 1. The van der Waals surface area contributed by atoms with Gasteiger partial charge in [0.05, 0.1) is 12.1 Å². The second-order valence-electron chi connectivity index (χ2n) is 5.37. The highest BCUT2D eigenvalue weighted by molar-refractivity contribution is 6.32. The SMILES string of the molecule is COc1ccc(NC(=O)c2ccnc(Nc3cccc(F)c3)c2)cc1Cl. The third-order valence-electron chi connectivity index (χ3n) is 3.53. The number of halogens is 2. The number of hydrogen-bond donors (Lipinski definition) is 2. The molecular formula is C19H15ClFN3O2. The van der Waals surface area contributed by atoms with Crippen molar-refractivity contribution in [1.29, 1.82) is 0 Å². The lowest BCUT2D eigenvalue weighted by Gasteiger charge is -2.10. The van der Waals surface area contributed by atoms with Gasteiger partial charge in [-0.3, -0.25) is 4.79 Å². The van der Waals surface area contributed by atoms with Gasteiger partial charge in [0.1, 0.15) is 17.4 Å². The number of nitrogens with one attached hydrogen (secondary N) is 2. The quantitative estimate of drug-likeness (QED) is 0.671. The molecule has 0 spiro atoms. The average molecular weight is 372 g/mol. The number of rotatable bonds is 5. The topological polar surface area (TPSA) is 63.2 Å². The van der Waals surface area contributed by atoms with Crippen molar-refractivity contribution in [3.8, 4) is 5.75 Å². The largest absolute Gasteiger partial charge is 0.495 e. The molecule has 1 heterocycles. The van der Waals surface area contributed by atoms with Gasteiger partial charge in [0.2, 0.25) is 0 Å². The minimum atomic E-state index is -0.361. The van der Waals surface area contributed by atoms with E-state index in [0.717, 1.165) is 0 Å². The van der Waals surface area contributed by atoms with Crippen LogP contribution in [0.3, 0.4) is 0 Å². The van der Waals surface area contributed by atoms with Crippen molar-refractivity contribution in [3.05, 3.63) is 77.2 Å². The first-order chi connectivity index (χ1) is 12.5. The summed E-state index contributed by atoms with van der Waals surface area (Å²) in [4.78, 5) is 16.6. The maximum Gasteiger partial charge on any atom is 0.255 e. The maximum atomic E-state index is 13.3. The van der Waals surface area contributed by atoms with Crippen LogP contribution in [0.2, 0.25) is 5.02 Å². The van der Waals surface area contributed by atoms with Gasteiger partial charge in [0.25, 0.3) is 5.91 Å². The van der Waals surface area contributed by atoms with E-state index in [2.05, 4.69) is 15.6 Å². The Hall–Kier alpha value is -3.12. The van der Waals surface area contributed by atoms with E-state index in [9.17, 15) is 9.18 Å². The van der Waals surface area contributed by atoms with Crippen molar-refractivity contribution >= 4 is 34.7 Å². The second kappa shape index (κ2) is 7.84. The number of benzene rings is 2. The first-order valence-corrected chi connectivity index (χ1v) is 8.06. The molecule has 0 radical (unpaired) electrons. The Morgan fingerprint density at radius 1 is 1.12 bits per heavy atom. The van der Waals surface area contributed by atoms with Gasteiger partial charge >= 0.3 is 0 Å². The van der Waals surface area contributed by atoms with Gasteiger partial charge in [0, 0.05) is 23.1 Å². The molecule has 0 aliphatic rings.